The minimum absolute atomic E-state index is 0.100. The summed E-state index contributed by atoms with van der Waals surface area (Å²) in [4.78, 5) is 11.9. The van der Waals surface area contributed by atoms with Gasteiger partial charge in [-0.1, -0.05) is 0 Å². The molecular weight excluding hydrogens is 266 g/mol. The molecule has 0 spiro atoms. The summed E-state index contributed by atoms with van der Waals surface area (Å²) in [6, 6.07) is 5.72. The van der Waals surface area contributed by atoms with Crippen molar-refractivity contribution in [2.45, 2.75) is 39.2 Å². The molecule has 3 rings (SSSR count). The van der Waals surface area contributed by atoms with Crippen molar-refractivity contribution >= 4 is 5.91 Å². The fraction of sp³-hybridized carbons (Fsp3) is 0.500. The monoisotopic (exact) mass is 287 g/mol. The Morgan fingerprint density at radius 3 is 2.90 bits per heavy atom. The predicted molar refractivity (Wildman–Crippen MR) is 78.9 cm³/mol. The molecule has 5 heteroatoms. The molecule has 0 aliphatic heterocycles. The van der Waals surface area contributed by atoms with Crippen LogP contribution in [0.3, 0.4) is 0 Å². The van der Waals surface area contributed by atoms with E-state index >= 15 is 0 Å². The fourth-order valence-electron chi connectivity index (χ4n) is 2.62. The van der Waals surface area contributed by atoms with E-state index in [2.05, 4.69) is 10.4 Å². The molecule has 5 nitrogen and oxygen atoms in total. The molecule has 0 saturated heterocycles. The van der Waals surface area contributed by atoms with Gasteiger partial charge in [-0.2, -0.15) is 5.10 Å². The number of carbonyl (C=O) groups is 1. The van der Waals surface area contributed by atoms with Gasteiger partial charge in [0.15, 0.2) is 0 Å². The second kappa shape index (κ2) is 5.76. The summed E-state index contributed by atoms with van der Waals surface area (Å²) in [6.07, 6.45) is 4.67. The average Bonchev–Trinajstić information content (AvgIpc) is 2.96. The molecule has 21 heavy (non-hydrogen) atoms. The molecule has 112 valence electrons. The molecule has 0 unspecified atom stereocenters. The zero-order valence-corrected chi connectivity index (χ0v) is 12.5. The standard InChI is InChI=1S/C16H21N3O2/c1-11-8-12(2)19(18-11)14(15-4-3-7-21-15)10-17-16(20)9-13-5-6-13/h3-4,7-8,13-14H,5-6,9-10H2,1-2H3,(H,17,20)/t14-/m0/s1. The van der Waals surface area contributed by atoms with Gasteiger partial charge in [0, 0.05) is 18.7 Å². The molecule has 1 amide bonds. The van der Waals surface area contributed by atoms with Crippen LogP contribution in [0.25, 0.3) is 0 Å². The third kappa shape index (κ3) is 3.35. The van der Waals surface area contributed by atoms with E-state index in [9.17, 15) is 4.79 Å². The molecule has 0 aromatic carbocycles. The number of amides is 1. The highest BCUT2D eigenvalue weighted by Crippen LogP contribution is 2.32. The van der Waals surface area contributed by atoms with Crippen molar-refractivity contribution in [2.75, 3.05) is 6.54 Å². The molecule has 1 N–H and O–H groups in total. The van der Waals surface area contributed by atoms with Gasteiger partial charge in [0.25, 0.3) is 0 Å². The molecule has 1 atom stereocenters. The maximum atomic E-state index is 11.9. The first kappa shape index (κ1) is 13.9. The first-order valence-electron chi connectivity index (χ1n) is 7.46. The Morgan fingerprint density at radius 1 is 1.52 bits per heavy atom. The largest absolute Gasteiger partial charge is 0.467 e. The molecule has 2 heterocycles. The summed E-state index contributed by atoms with van der Waals surface area (Å²) < 4.78 is 7.45. The van der Waals surface area contributed by atoms with Gasteiger partial charge >= 0.3 is 0 Å². The van der Waals surface area contributed by atoms with Gasteiger partial charge in [-0.3, -0.25) is 9.48 Å². The Morgan fingerprint density at radius 2 is 2.33 bits per heavy atom. The van der Waals surface area contributed by atoms with Gasteiger partial charge in [0.2, 0.25) is 5.91 Å². The molecule has 1 aliphatic rings. The maximum absolute atomic E-state index is 11.9. The molecule has 2 aromatic rings. The molecule has 0 bridgehead atoms. The van der Waals surface area contributed by atoms with E-state index in [1.807, 2.05) is 36.7 Å². The quantitative estimate of drug-likeness (QED) is 0.888. The van der Waals surface area contributed by atoms with Crippen molar-refractivity contribution in [3.63, 3.8) is 0 Å². The molecule has 2 aromatic heterocycles. The summed E-state index contributed by atoms with van der Waals surface area (Å²) >= 11 is 0. The van der Waals surface area contributed by atoms with Crippen molar-refractivity contribution in [1.82, 2.24) is 15.1 Å². The van der Waals surface area contributed by atoms with Gasteiger partial charge in [0.05, 0.1) is 12.0 Å². The van der Waals surface area contributed by atoms with E-state index in [1.165, 1.54) is 12.8 Å². The number of aryl methyl sites for hydroxylation is 2. The summed E-state index contributed by atoms with van der Waals surface area (Å²) in [6.45, 7) is 4.48. The maximum Gasteiger partial charge on any atom is 0.220 e. The highest BCUT2D eigenvalue weighted by atomic mass is 16.3. The number of hydrogen-bond acceptors (Lipinski definition) is 3. The SMILES string of the molecule is Cc1cc(C)n([C@@H](CNC(=O)CC2CC2)c2ccco2)n1. The van der Waals surface area contributed by atoms with Crippen LogP contribution in [0.4, 0.5) is 0 Å². The van der Waals surface area contributed by atoms with Gasteiger partial charge in [-0.25, -0.2) is 0 Å². The Hall–Kier alpha value is -2.04. The second-order valence-corrected chi connectivity index (χ2v) is 5.85. The van der Waals surface area contributed by atoms with Crippen molar-refractivity contribution in [3.8, 4) is 0 Å². The highest BCUT2D eigenvalue weighted by Gasteiger charge is 2.25. The number of rotatable bonds is 6. The third-order valence-corrected chi connectivity index (χ3v) is 3.88. The lowest BCUT2D eigenvalue weighted by atomic mass is 10.2. The van der Waals surface area contributed by atoms with Crippen molar-refractivity contribution in [1.29, 1.82) is 0 Å². The first-order chi connectivity index (χ1) is 10.1. The lowest BCUT2D eigenvalue weighted by molar-refractivity contribution is -0.121. The van der Waals surface area contributed by atoms with Crippen molar-refractivity contribution < 1.29 is 9.21 Å². The number of aromatic nitrogens is 2. The zero-order valence-electron chi connectivity index (χ0n) is 12.5. The summed E-state index contributed by atoms with van der Waals surface area (Å²) in [5.74, 6) is 1.53. The van der Waals surface area contributed by atoms with Gasteiger partial charge in [-0.05, 0) is 50.8 Å². The van der Waals surface area contributed by atoms with Crippen LogP contribution in [0.2, 0.25) is 0 Å². The van der Waals surface area contributed by atoms with Crippen molar-refractivity contribution in [3.05, 3.63) is 41.6 Å². The number of nitrogens with zero attached hydrogens (tertiary/aromatic N) is 2. The van der Waals surface area contributed by atoms with E-state index in [-0.39, 0.29) is 11.9 Å². The first-order valence-corrected chi connectivity index (χ1v) is 7.46. The van der Waals surface area contributed by atoms with Gasteiger partial charge < -0.3 is 9.73 Å². The van der Waals surface area contributed by atoms with Crippen LogP contribution in [0.15, 0.2) is 28.9 Å². The van der Waals surface area contributed by atoms with E-state index in [0.29, 0.717) is 18.9 Å². The van der Waals surface area contributed by atoms with Crippen LogP contribution in [-0.4, -0.2) is 22.2 Å². The van der Waals surface area contributed by atoms with Crippen molar-refractivity contribution in [2.24, 2.45) is 5.92 Å². The highest BCUT2D eigenvalue weighted by molar-refractivity contribution is 5.76. The molecule has 0 radical (unpaired) electrons. The lowest BCUT2D eigenvalue weighted by Crippen LogP contribution is -2.32. The zero-order chi connectivity index (χ0) is 14.8. The Kier molecular flexibility index (Phi) is 3.82. The minimum atomic E-state index is -0.100. The van der Waals surface area contributed by atoms with E-state index in [1.54, 1.807) is 6.26 Å². The molecule has 1 aliphatic carbocycles. The Labute approximate surface area is 124 Å². The van der Waals surface area contributed by atoms with Crippen LogP contribution >= 0.6 is 0 Å². The van der Waals surface area contributed by atoms with Crippen LogP contribution < -0.4 is 5.32 Å². The van der Waals surface area contributed by atoms with Gasteiger partial charge in [0.1, 0.15) is 11.8 Å². The topological polar surface area (TPSA) is 60.1 Å². The van der Waals surface area contributed by atoms with Gasteiger partial charge in [-0.15, -0.1) is 0 Å². The lowest BCUT2D eigenvalue weighted by Gasteiger charge is -2.18. The minimum Gasteiger partial charge on any atom is -0.467 e. The van der Waals surface area contributed by atoms with Crippen LogP contribution in [0, 0.1) is 19.8 Å². The normalized spacial score (nSPS) is 15.9. The summed E-state index contributed by atoms with van der Waals surface area (Å²) in [5.41, 5.74) is 2.03. The molecular formula is C16H21N3O2. The Balaban J connectivity index is 1.73. The van der Waals surface area contributed by atoms with Crippen LogP contribution in [0.1, 0.15) is 42.5 Å². The fourth-order valence-corrected chi connectivity index (χ4v) is 2.62. The predicted octanol–water partition coefficient (Wildman–Crippen LogP) is 2.60. The summed E-state index contributed by atoms with van der Waals surface area (Å²) in [5, 5.41) is 7.54. The third-order valence-electron chi connectivity index (χ3n) is 3.88. The number of hydrogen-bond donors (Lipinski definition) is 1. The van der Waals surface area contributed by atoms with E-state index in [0.717, 1.165) is 17.1 Å². The molecule has 1 fully saturated rings. The smallest absolute Gasteiger partial charge is 0.220 e. The van der Waals surface area contributed by atoms with E-state index in [4.69, 9.17) is 4.42 Å². The van der Waals surface area contributed by atoms with E-state index < -0.39 is 0 Å². The van der Waals surface area contributed by atoms with Crippen LogP contribution in [0.5, 0.6) is 0 Å². The number of nitrogens with one attached hydrogen (secondary N) is 1. The summed E-state index contributed by atoms with van der Waals surface area (Å²) in [7, 11) is 0. The van der Waals surface area contributed by atoms with Crippen LogP contribution in [-0.2, 0) is 4.79 Å². The second-order valence-electron chi connectivity index (χ2n) is 5.85. The number of carbonyl (C=O) groups excluding carboxylic acids is 1. The number of furan rings is 1. The molecule has 1 saturated carbocycles. The Bertz CT molecular complexity index is 612. The average molecular weight is 287 g/mol.